The smallest absolute Gasteiger partial charge is 0.0612 e. The number of aliphatic hydroxyl groups is 1. The summed E-state index contributed by atoms with van der Waals surface area (Å²) in [6.45, 7) is 0. The third kappa shape index (κ3) is 2.90. The molecule has 0 spiro atoms. The van der Waals surface area contributed by atoms with Crippen molar-refractivity contribution < 1.29 is 5.11 Å². The Bertz CT molecular complexity index is 518. The molecule has 1 N–H and O–H groups in total. The highest BCUT2D eigenvalue weighted by molar-refractivity contribution is 7.09. The fourth-order valence-electron chi connectivity index (χ4n) is 3.14. The Hall–Kier alpha value is -1.12. The maximum Gasteiger partial charge on any atom is 0.0612 e. The Balaban J connectivity index is 1.69. The highest BCUT2D eigenvalue weighted by atomic mass is 32.1. The minimum atomic E-state index is -0.205. The Morgan fingerprint density at radius 2 is 2.11 bits per heavy atom. The molecule has 2 unspecified atom stereocenters. The van der Waals surface area contributed by atoms with Gasteiger partial charge in [0.2, 0.25) is 0 Å². The van der Waals surface area contributed by atoms with Gasteiger partial charge in [0.25, 0.3) is 0 Å². The van der Waals surface area contributed by atoms with Gasteiger partial charge in [-0.25, -0.2) is 0 Å². The van der Waals surface area contributed by atoms with Crippen LogP contribution in [0.3, 0.4) is 0 Å². The number of hydrogen-bond acceptors (Lipinski definition) is 2. The summed E-state index contributed by atoms with van der Waals surface area (Å²) in [5.41, 5.74) is 2.82. The molecular weight excluding hydrogens is 252 g/mol. The molecule has 0 aliphatic heterocycles. The molecule has 0 saturated heterocycles. The van der Waals surface area contributed by atoms with Crippen molar-refractivity contribution in [2.75, 3.05) is 0 Å². The Morgan fingerprint density at radius 3 is 2.95 bits per heavy atom. The van der Waals surface area contributed by atoms with Gasteiger partial charge < -0.3 is 5.11 Å². The number of aryl methyl sites for hydroxylation is 2. The number of fused-ring (bicyclic) bond motifs is 1. The van der Waals surface area contributed by atoms with E-state index in [0.717, 1.165) is 19.3 Å². The van der Waals surface area contributed by atoms with Crippen molar-refractivity contribution >= 4 is 11.3 Å². The van der Waals surface area contributed by atoms with Gasteiger partial charge in [-0.15, -0.1) is 11.3 Å². The van der Waals surface area contributed by atoms with Gasteiger partial charge in [0.15, 0.2) is 0 Å². The second-order valence-corrected chi connectivity index (χ2v) is 6.42. The molecule has 2 atom stereocenters. The molecule has 1 heterocycles. The van der Waals surface area contributed by atoms with E-state index in [1.165, 1.54) is 28.8 Å². The first-order valence-corrected chi connectivity index (χ1v) is 8.01. The van der Waals surface area contributed by atoms with Gasteiger partial charge in [-0.2, -0.15) is 0 Å². The van der Waals surface area contributed by atoms with Crippen molar-refractivity contribution in [2.45, 2.75) is 44.1 Å². The first kappa shape index (κ1) is 12.9. The van der Waals surface area contributed by atoms with Crippen LogP contribution in [0.25, 0.3) is 0 Å². The first-order valence-electron chi connectivity index (χ1n) is 7.13. The van der Waals surface area contributed by atoms with Crippen LogP contribution < -0.4 is 0 Å². The lowest BCUT2D eigenvalue weighted by atomic mass is 9.79. The summed E-state index contributed by atoms with van der Waals surface area (Å²) in [5.74, 6) is 0.338. The molecule has 19 heavy (non-hydrogen) atoms. The van der Waals surface area contributed by atoms with E-state index in [-0.39, 0.29) is 6.10 Å². The molecule has 0 saturated carbocycles. The van der Waals surface area contributed by atoms with Gasteiger partial charge >= 0.3 is 0 Å². The Morgan fingerprint density at radius 1 is 1.21 bits per heavy atom. The molecule has 0 fully saturated rings. The lowest BCUT2D eigenvalue weighted by Crippen LogP contribution is -2.23. The average molecular weight is 272 g/mol. The van der Waals surface area contributed by atoms with Gasteiger partial charge in [0.1, 0.15) is 0 Å². The zero-order valence-corrected chi connectivity index (χ0v) is 11.9. The van der Waals surface area contributed by atoms with E-state index in [2.05, 4.69) is 41.8 Å². The van der Waals surface area contributed by atoms with Crippen LogP contribution in [0.15, 0.2) is 41.8 Å². The summed E-state index contributed by atoms with van der Waals surface area (Å²) in [7, 11) is 0. The van der Waals surface area contributed by atoms with Crippen LogP contribution in [0, 0.1) is 0 Å². The quantitative estimate of drug-likeness (QED) is 0.886. The number of benzene rings is 1. The topological polar surface area (TPSA) is 20.2 Å². The predicted molar refractivity (Wildman–Crippen MR) is 80.8 cm³/mol. The standard InChI is InChI=1S/C17H20OS/c18-17(11-10-14-7-4-12-19-14)16-9-3-6-13-5-1-2-8-15(13)16/h1-2,4-5,7-8,12,16-18H,3,6,9-11H2. The molecule has 3 rings (SSSR count). The van der Waals surface area contributed by atoms with Crippen molar-refractivity contribution in [3.8, 4) is 0 Å². The second-order valence-electron chi connectivity index (χ2n) is 5.38. The van der Waals surface area contributed by atoms with Gasteiger partial charge in [-0.3, -0.25) is 0 Å². The predicted octanol–water partition coefficient (Wildman–Crippen LogP) is 4.16. The van der Waals surface area contributed by atoms with Crippen molar-refractivity contribution in [3.05, 3.63) is 57.8 Å². The molecule has 0 bridgehead atoms. The first-order chi connectivity index (χ1) is 9.34. The zero-order chi connectivity index (χ0) is 13.1. The van der Waals surface area contributed by atoms with Gasteiger partial charge in [-0.1, -0.05) is 30.3 Å². The van der Waals surface area contributed by atoms with E-state index < -0.39 is 0 Å². The minimum absolute atomic E-state index is 0.205. The van der Waals surface area contributed by atoms with Crippen molar-refractivity contribution in [1.29, 1.82) is 0 Å². The Kier molecular flexibility index (Phi) is 4.00. The summed E-state index contributed by atoms with van der Waals surface area (Å²) in [5, 5.41) is 12.6. The van der Waals surface area contributed by atoms with E-state index >= 15 is 0 Å². The van der Waals surface area contributed by atoms with E-state index in [4.69, 9.17) is 0 Å². The van der Waals surface area contributed by atoms with Crippen molar-refractivity contribution in [2.24, 2.45) is 0 Å². The fraction of sp³-hybridized carbons (Fsp3) is 0.412. The molecule has 100 valence electrons. The summed E-state index contributed by atoms with van der Waals surface area (Å²) in [4.78, 5) is 1.38. The number of rotatable bonds is 4. The van der Waals surface area contributed by atoms with Crippen LogP contribution in [-0.2, 0) is 12.8 Å². The average Bonchev–Trinajstić information content (AvgIpc) is 2.97. The lowest BCUT2D eigenvalue weighted by molar-refractivity contribution is 0.125. The second kappa shape index (κ2) is 5.89. The van der Waals surface area contributed by atoms with Crippen LogP contribution in [-0.4, -0.2) is 11.2 Å². The molecule has 1 aromatic carbocycles. The van der Waals surface area contributed by atoms with Crippen LogP contribution in [0.2, 0.25) is 0 Å². The monoisotopic (exact) mass is 272 g/mol. The van der Waals surface area contributed by atoms with Gasteiger partial charge in [0, 0.05) is 10.8 Å². The summed E-state index contributed by atoms with van der Waals surface area (Å²) < 4.78 is 0. The van der Waals surface area contributed by atoms with E-state index in [9.17, 15) is 5.11 Å². The van der Waals surface area contributed by atoms with Crippen LogP contribution in [0.4, 0.5) is 0 Å². The number of thiophene rings is 1. The number of aliphatic hydroxyl groups excluding tert-OH is 1. The SMILES string of the molecule is OC(CCc1cccs1)C1CCCc2ccccc21. The summed E-state index contributed by atoms with van der Waals surface area (Å²) >= 11 is 1.79. The van der Waals surface area contributed by atoms with Crippen molar-refractivity contribution in [1.82, 2.24) is 0 Å². The highest BCUT2D eigenvalue weighted by Gasteiger charge is 2.25. The maximum atomic E-state index is 10.5. The maximum absolute atomic E-state index is 10.5. The summed E-state index contributed by atoms with van der Waals surface area (Å²) in [6.07, 6.45) is 5.17. The molecule has 2 heteroatoms. The third-order valence-corrected chi connectivity index (χ3v) is 5.08. The van der Waals surface area contributed by atoms with Gasteiger partial charge in [0.05, 0.1) is 6.10 Å². The molecule has 2 aromatic rings. The van der Waals surface area contributed by atoms with Crippen molar-refractivity contribution in [3.63, 3.8) is 0 Å². The molecule has 1 aromatic heterocycles. The Labute approximate surface area is 118 Å². The molecule has 0 radical (unpaired) electrons. The molecule has 0 amide bonds. The molecular formula is C17H20OS. The normalized spacial score (nSPS) is 19.9. The van der Waals surface area contributed by atoms with E-state index in [1.54, 1.807) is 11.3 Å². The number of hydrogen-bond donors (Lipinski definition) is 1. The minimum Gasteiger partial charge on any atom is -0.392 e. The largest absolute Gasteiger partial charge is 0.392 e. The summed E-state index contributed by atoms with van der Waals surface area (Å²) in [6, 6.07) is 12.9. The van der Waals surface area contributed by atoms with Crippen LogP contribution in [0.5, 0.6) is 0 Å². The van der Waals surface area contributed by atoms with Crippen LogP contribution in [0.1, 0.15) is 41.2 Å². The zero-order valence-electron chi connectivity index (χ0n) is 11.1. The van der Waals surface area contributed by atoms with Crippen LogP contribution >= 0.6 is 11.3 Å². The fourth-order valence-corrected chi connectivity index (χ4v) is 3.86. The molecule has 1 aliphatic carbocycles. The third-order valence-electron chi connectivity index (χ3n) is 4.15. The highest BCUT2D eigenvalue weighted by Crippen LogP contribution is 2.35. The molecule has 1 aliphatic rings. The molecule has 1 nitrogen and oxygen atoms in total. The van der Waals surface area contributed by atoms with E-state index in [1.807, 2.05) is 0 Å². The van der Waals surface area contributed by atoms with E-state index in [0.29, 0.717) is 5.92 Å². The lowest BCUT2D eigenvalue weighted by Gasteiger charge is -2.29. The van der Waals surface area contributed by atoms with Gasteiger partial charge in [-0.05, 0) is 54.7 Å².